The predicted octanol–water partition coefficient (Wildman–Crippen LogP) is 19.9. The number of ether oxygens (including phenoxy) is 1. The molecule has 7 nitrogen and oxygen atoms in total. The molecule has 1 aliphatic heterocycles. The molecule has 0 spiro atoms. The Morgan fingerprint density at radius 3 is 1.11 bits per heavy atom. The molecule has 1 saturated heterocycles. The SMILES string of the molecule is C.C.C.C.C.C.C.C.C.C=C(C)C1C=C[C@@](C)(O)CC1.C=C(C)[C@@H]1CCC(C)(C)C(O)C1.C=C(C)[C@@H]1CCC2(C)OC2C1.C=C(C)[C@@H]1CC[C@](C)(O)[C@@H](C)C1.C=C(C)[C@@H]1CC[C@](C)(O)[C@@H](C)C1.C=C(C)[C@@H]1CC[C@](C)(O)[C@@H](C[O-])C1. The molecule has 7 aliphatic rings. The van der Waals surface area contributed by atoms with Gasteiger partial charge in [-0.05, 0) is 244 Å². The number of aliphatic hydroxyl groups is 5. The van der Waals surface area contributed by atoms with Gasteiger partial charge in [0.2, 0.25) is 0 Å². The zero-order valence-electron chi connectivity index (χ0n) is 48.5. The van der Waals surface area contributed by atoms with Gasteiger partial charge in [0.25, 0.3) is 0 Å². The van der Waals surface area contributed by atoms with Crippen LogP contribution in [-0.2, 0) is 4.74 Å². The van der Waals surface area contributed by atoms with E-state index in [-0.39, 0.29) is 96.5 Å². The van der Waals surface area contributed by atoms with Gasteiger partial charge in [-0.15, -0.1) is 6.61 Å². The number of hydrogen-bond donors (Lipinski definition) is 5. The van der Waals surface area contributed by atoms with Gasteiger partial charge in [0, 0.05) is 0 Å². The molecule has 0 aromatic rings. The molecular weight excluding hydrogens is 989 g/mol. The van der Waals surface area contributed by atoms with Crippen LogP contribution in [0.4, 0.5) is 0 Å². The van der Waals surface area contributed by atoms with E-state index in [2.05, 4.69) is 108 Å². The molecule has 7 heteroatoms. The second kappa shape index (κ2) is 39.5. The Morgan fingerprint density at radius 2 is 0.800 bits per heavy atom. The van der Waals surface area contributed by atoms with Crippen molar-refractivity contribution in [2.45, 2.75) is 320 Å². The van der Waals surface area contributed by atoms with E-state index in [1.165, 1.54) is 53.5 Å². The zero-order valence-corrected chi connectivity index (χ0v) is 48.5. The number of hydrogen-bond acceptors (Lipinski definition) is 7. The second-order valence-corrected chi connectivity index (χ2v) is 26.5. The molecule has 0 bridgehead atoms. The minimum atomic E-state index is -0.742. The summed E-state index contributed by atoms with van der Waals surface area (Å²) in [4.78, 5) is 0. The number of allylic oxidation sites excluding steroid dienone is 7. The molecule has 4 unspecified atom stereocenters. The van der Waals surface area contributed by atoms with Gasteiger partial charge in [-0.25, -0.2) is 0 Å². The summed E-state index contributed by atoms with van der Waals surface area (Å²) in [6.45, 7) is 54.3. The molecule has 16 atom stereocenters. The molecule has 0 aromatic carbocycles. The maximum atomic E-state index is 10.9. The molecule has 5 N–H and O–H groups in total. The zero-order chi connectivity index (χ0) is 54.7. The average Bonchev–Trinajstić information content (AvgIpc) is 3.95. The summed E-state index contributed by atoms with van der Waals surface area (Å²) >= 11 is 0. The van der Waals surface area contributed by atoms with Crippen LogP contribution in [-0.4, -0.2) is 72.4 Å². The van der Waals surface area contributed by atoms with Crippen molar-refractivity contribution in [3.63, 3.8) is 0 Å². The quantitative estimate of drug-likeness (QED) is 0.126. The van der Waals surface area contributed by atoms with Crippen molar-refractivity contribution in [3.05, 3.63) is 85.1 Å². The molecule has 5 saturated carbocycles. The van der Waals surface area contributed by atoms with Gasteiger partial charge in [-0.2, -0.15) is 0 Å². The third kappa shape index (κ3) is 30.1. The highest BCUT2D eigenvalue weighted by molar-refractivity contribution is 5.15. The van der Waals surface area contributed by atoms with Crippen molar-refractivity contribution in [2.75, 3.05) is 6.61 Å². The van der Waals surface area contributed by atoms with Crippen molar-refractivity contribution in [1.29, 1.82) is 0 Å². The van der Waals surface area contributed by atoms with Crippen LogP contribution in [0.3, 0.4) is 0 Å². The van der Waals surface area contributed by atoms with Crippen LogP contribution in [0.25, 0.3) is 0 Å². The van der Waals surface area contributed by atoms with Crippen LogP contribution in [0, 0.1) is 58.7 Å². The van der Waals surface area contributed by atoms with Crippen LogP contribution in [0.2, 0.25) is 0 Å². The van der Waals surface area contributed by atoms with Crippen LogP contribution in [0.15, 0.2) is 85.1 Å². The number of aliphatic hydroxyl groups excluding tert-OH is 1. The normalized spacial score (nSPS) is 36.3. The van der Waals surface area contributed by atoms with Gasteiger partial charge in [0.15, 0.2) is 0 Å². The van der Waals surface area contributed by atoms with E-state index in [0.717, 1.165) is 95.0 Å². The molecule has 482 valence electrons. The monoisotopic (exact) mass is 1140 g/mol. The Bertz CT molecular complexity index is 1700. The molecule has 80 heavy (non-hydrogen) atoms. The van der Waals surface area contributed by atoms with E-state index in [1.807, 2.05) is 40.7 Å². The fraction of sp³-hybridized carbons (Fsp3) is 0.808. The number of epoxide rings is 1. The van der Waals surface area contributed by atoms with Gasteiger partial charge in [-0.3, -0.25) is 0 Å². The predicted molar refractivity (Wildman–Crippen MR) is 360 cm³/mol. The standard InChI is InChI=1S/C11H19O2.3C11H20O.2C10H16O.9CH4/c1-8(2)9-4-5-11(3,13)10(6-9)7-12;1-8(2)9-5-6-11(3,4)10(12)7-9;2*1-8(2)10-5-6-11(4,12)9(3)7-10;1-7(2)8-4-5-10(3)9(6-8)11-10;1-8(2)9-4-6-10(3,11)7-5-9;;;;;;;;;/h9-10,13H,1,4-7H2,2-3H3;3*9-10,12H,1,5-7H2,2-4H3;8-9H,1,4-6H2,2-3H3;4,6,9,11H,1,5,7H2,2-3H3;9*1H4/q-1;;;;;;;;;;;;;;/t9-,10-,11+;9-,10?;2*9-,10+,11-;8-,9?,10?;9?,10-;;;;;;;;;/m110011........./s1. The number of rotatable bonds is 7. The van der Waals surface area contributed by atoms with Crippen LogP contribution in [0.5, 0.6) is 0 Å². The van der Waals surface area contributed by atoms with Gasteiger partial charge in [0.1, 0.15) is 0 Å². The Labute approximate surface area is 503 Å². The molecule has 6 aliphatic carbocycles. The highest BCUT2D eigenvalue weighted by atomic mass is 16.6. The highest BCUT2D eigenvalue weighted by Gasteiger charge is 2.55. The van der Waals surface area contributed by atoms with Gasteiger partial charge >= 0.3 is 0 Å². The van der Waals surface area contributed by atoms with E-state index in [9.17, 15) is 30.6 Å². The Morgan fingerprint density at radius 1 is 0.463 bits per heavy atom. The molecule has 6 fully saturated rings. The van der Waals surface area contributed by atoms with E-state index in [4.69, 9.17) is 4.74 Å². The minimum absolute atomic E-state index is 0. The molecule has 0 radical (unpaired) electrons. The van der Waals surface area contributed by atoms with Crippen molar-refractivity contribution < 1.29 is 35.4 Å². The third-order valence-corrected chi connectivity index (χ3v) is 18.9. The second-order valence-electron chi connectivity index (χ2n) is 26.5. The molecule has 1 heterocycles. The van der Waals surface area contributed by atoms with Crippen LogP contribution >= 0.6 is 0 Å². The molecule has 0 amide bonds. The number of fused-ring (bicyclic) bond motifs is 1. The van der Waals surface area contributed by atoms with E-state index < -0.39 is 22.4 Å². The van der Waals surface area contributed by atoms with E-state index >= 15 is 0 Å². The molecule has 0 aromatic heterocycles. The lowest BCUT2D eigenvalue weighted by Gasteiger charge is -2.42. The summed E-state index contributed by atoms with van der Waals surface area (Å²) in [5.74, 6) is 4.21. The lowest BCUT2D eigenvalue weighted by molar-refractivity contribution is -0.389. The van der Waals surface area contributed by atoms with E-state index in [0.29, 0.717) is 47.5 Å². The Hall–Kier alpha value is -2.10. The third-order valence-electron chi connectivity index (χ3n) is 18.9. The van der Waals surface area contributed by atoms with Gasteiger partial charge in [-0.1, -0.05) is 180 Å². The van der Waals surface area contributed by atoms with E-state index in [1.54, 1.807) is 6.92 Å². The summed E-state index contributed by atoms with van der Waals surface area (Å²) < 4.78 is 5.60. The first kappa shape index (κ1) is 94.3. The maximum absolute atomic E-state index is 10.9. The van der Waals surface area contributed by atoms with Gasteiger partial charge in [0.05, 0.1) is 40.2 Å². The van der Waals surface area contributed by atoms with Crippen molar-refractivity contribution in [1.82, 2.24) is 0 Å². The smallest absolute Gasteiger partial charge is 0.0920 e. The maximum Gasteiger partial charge on any atom is 0.0920 e. The first-order valence-corrected chi connectivity index (χ1v) is 27.8. The summed E-state index contributed by atoms with van der Waals surface area (Å²) in [5.41, 5.74) is 5.64. The highest BCUT2D eigenvalue weighted by Crippen LogP contribution is 2.50. The fourth-order valence-electron chi connectivity index (χ4n) is 11.3. The lowest BCUT2D eigenvalue weighted by atomic mass is 9.69. The molecular formula is C73H147O7-. The van der Waals surface area contributed by atoms with Crippen LogP contribution < -0.4 is 5.11 Å². The first-order chi connectivity index (χ1) is 32.4. The summed E-state index contributed by atoms with van der Waals surface area (Å²) in [5, 5.41) is 60.0. The van der Waals surface area contributed by atoms with Crippen molar-refractivity contribution in [2.24, 2.45) is 58.7 Å². The molecule has 7 rings (SSSR count). The Balaban J connectivity index is -0.000000127. The summed E-state index contributed by atoms with van der Waals surface area (Å²) in [6.07, 6.45) is 21.9. The fourth-order valence-corrected chi connectivity index (χ4v) is 11.3. The van der Waals surface area contributed by atoms with Crippen molar-refractivity contribution >= 4 is 0 Å². The summed E-state index contributed by atoms with van der Waals surface area (Å²) in [7, 11) is 0. The average molecular weight is 1140 g/mol. The largest absolute Gasteiger partial charge is 0.854 e. The summed E-state index contributed by atoms with van der Waals surface area (Å²) in [6, 6.07) is 0. The van der Waals surface area contributed by atoms with Crippen LogP contribution in [0.1, 0.15) is 280 Å². The van der Waals surface area contributed by atoms with Crippen molar-refractivity contribution in [3.8, 4) is 0 Å². The lowest BCUT2D eigenvalue weighted by Crippen LogP contribution is -2.45. The minimum Gasteiger partial charge on any atom is -0.854 e. The topological polar surface area (TPSA) is 137 Å². The van der Waals surface area contributed by atoms with Gasteiger partial charge < -0.3 is 35.4 Å². The Kier molecular flexibility index (Phi) is 46.6. The first-order valence-electron chi connectivity index (χ1n) is 27.8.